The number of nitrogens with one attached hydrogen (secondary N) is 3. The summed E-state index contributed by atoms with van der Waals surface area (Å²) in [4.78, 5) is 36.1. The van der Waals surface area contributed by atoms with Gasteiger partial charge in [-0.25, -0.2) is 4.79 Å². The average Bonchev–Trinajstić information content (AvgIpc) is 3.41. The fourth-order valence-corrected chi connectivity index (χ4v) is 4.47. The molecule has 38 heavy (non-hydrogen) atoms. The molecule has 0 spiro atoms. The van der Waals surface area contributed by atoms with E-state index in [1.165, 1.54) is 0 Å². The Bertz CT molecular complexity index is 1270. The third-order valence-corrected chi connectivity index (χ3v) is 6.60. The Morgan fingerprint density at radius 3 is 2.55 bits per heavy atom. The number of amides is 2. The molecule has 3 aromatic rings. The molecule has 198 valence electrons. The van der Waals surface area contributed by atoms with Gasteiger partial charge < -0.3 is 24.8 Å². The van der Waals surface area contributed by atoms with Crippen molar-refractivity contribution >= 4 is 24.1 Å². The molecule has 1 heterocycles. The zero-order valence-corrected chi connectivity index (χ0v) is 20.9. The van der Waals surface area contributed by atoms with Crippen molar-refractivity contribution in [1.82, 2.24) is 15.5 Å². The van der Waals surface area contributed by atoms with Gasteiger partial charge in [-0.05, 0) is 49.8 Å². The van der Waals surface area contributed by atoms with Crippen LogP contribution in [0.1, 0.15) is 59.6 Å². The number of carbonyl (C=O) groups is 3. The van der Waals surface area contributed by atoms with Crippen LogP contribution < -0.4 is 20.1 Å². The number of nitrogens with zero attached hydrogens (tertiary/aromatic N) is 1. The molecular weight excluding hydrogens is 488 g/mol. The van der Waals surface area contributed by atoms with Crippen molar-refractivity contribution in [3.05, 3.63) is 71.4 Å². The molecule has 10 heteroatoms. The van der Waals surface area contributed by atoms with E-state index in [1.54, 1.807) is 24.3 Å². The van der Waals surface area contributed by atoms with Crippen LogP contribution in [0.5, 0.6) is 11.5 Å². The summed E-state index contributed by atoms with van der Waals surface area (Å²) in [5, 5.41) is 12.7. The highest BCUT2D eigenvalue weighted by Crippen LogP contribution is 2.36. The number of benzene rings is 2. The van der Waals surface area contributed by atoms with Gasteiger partial charge in [0.2, 0.25) is 0 Å². The third-order valence-electron chi connectivity index (χ3n) is 6.60. The lowest BCUT2D eigenvalue weighted by Crippen LogP contribution is -2.29. The van der Waals surface area contributed by atoms with Crippen LogP contribution in [0.15, 0.2) is 54.6 Å². The minimum absolute atomic E-state index is 0.132. The number of aromatic amines is 1. The Hall–Kier alpha value is -4.34. The lowest BCUT2D eigenvalue weighted by atomic mass is 10.0. The second-order valence-electron chi connectivity index (χ2n) is 9.56. The van der Waals surface area contributed by atoms with Gasteiger partial charge in [0.1, 0.15) is 24.2 Å². The zero-order chi connectivity index (χ0) is 26.3. The smallest absolute Gasteiger partial charge is 0.407 e. The van der Waals surface area contributed by atoms with Crippen molar-refractivity contribution in [1.29, 1.82) is 0 Å². The maximum atomic E-state index is 12.5. The standard InChI is InChI=1S/C28H30N4O6/c33-15-22-24(36-16-18-5-2-1-3-6-18)7-4-8-25(22)37-17-27(34)30-26-14-23(31-32-26)19-9-12-21(13-19)38-28(35)29-20-10-11-20/h1-8,14-15,19-21H,9-13,16-17H2,(H,29,35)(H2,30,31,32,34)/t19-,21+/m0/s1. The lowest BCUT2D eigenvalue weighted by Gasteiger charge is -2.13. The summed E-state index contributed by atoms with van der Waals surface area (Å²) in [6, 6.07) is 16.7. The Kier molecular flexibility index (Phi) is 7.86. The van der Waals surface area contributed by atoms with Gasteiger partial charge in [0, 0.05) is 23.7 Å². The van der Waals surface area contributed by atoms with Crippen LogP contribution in [0.4, 0.5) is 10.6 Å². The number of rotatable bonds is 11. The molecule has 2 amide bonds. The number of ether oxygens (including phenoxy) is 3. The van der Waals surface area contributed by atoms with Gasteiger partial charge >= 0.3 is 6.09 Å². The first-order valence-electron chi connectivity index (χ1n) is 12.8. The van der Waals surface area contributed by atoms with Gasteiger partial charge in [0.15, 0.2) is 18.7 Å². The molecular formula is C28H30N4O6. The van der Waals surface area contributed by atoms with Gasteiger partial charge in [0.25, 0.3) is 5.91 Å². The zero-order valence-electron chi connectivity index (χ0n) is 20.9. The number of aldehydes is 1. The van der Waals surface area contributed by atoms with E-state index >= 15 is 0 Å². The molecule has 10 nitrogen and oxygen atoms in total. The normalized spacial score (nSPS) is 18.4. The summed E-state index contributed by atoms with van der Waals surface area (Å²) >= 11 is 0. The molecule has 2 atom stereocenters. The Labute approximate surface area is 220 Å². The van der Waals surface area contributed by atoms with Crippen molar-refractivity contribution in [2.75, 3.05) is 11.9 Å². The van der Waals surface area contributed by atoms with E-state index in [1.807, 2.05) is 30.3 Å². The van der Waals surface area contributed by atoms with Crippen LogP contribution in [0.25, 0.3) is 0 Å². The maximum absolute atomic E-state index is 12.5. The van der Waals surface area contributed by atoms with E-state index < -0.39 is 5.91 Å². The predicted molar refractivity (Wildman–Crippen MR) is 138 cm³/mol. The van der Waals surface area contributed by atoms with Crippen molar-refractivity contribution in [3.63, 3.8) is 0 Å². The fourth-order valence-electron chi connectivity index (χ4n) is 4.47. The SMILES string of the molecule is O=Cc1c(OCC(=O)Nc2cc([C@H]3CC[C@@H](OC(=O)NC4CC4)C3)[nH]n2)cccc1OCc1ccccc1. The number of hydrogen-bond acceptors (Lipinski definition) is 7. The van der Waals surface area contributed by atoms with Gasteiger partial charge in [-0.1, -0.05) is 36.4 Å². The van der Waals surface area contributed by atoms with Crippen LogP contribution in [0.2, 0.25) is 0 Å². The highest BCUT2D eigenvalue weighted by molar-refractivity contribution is 5.91. The maximum Gasteiger partial charge on any atom is 0.407 e. The molecule has 2 aromatic carbocycles. The number of alkyl carbamates (subject to hydrolysis) is 1. The highest BCUT2D eigenvalue weighted by atomic mass is 16.6. The minimum atomic E-state index is -0.417. The number of anilines is 1. The molecule has 0 radical (unpaired) electrons. The van der Waals surface area contributed by atoms with E-state index in [9.17, 15) is 14.4 Å². The van der Waals surface area contributed by atoms with Crippen LogP contribution in [0, 0.1) is 0 Å². The Morgan fingerprint density at radius 2 is 1.79 bits per heavy atom. The van der Waals surface area contributed by atoms with E-state index in [2.05, 4.69) is 20.8 Å². The lowest BCUT2D eigenvalue weighted by molar-refractivity contribution is -0.118. The minimum Gasteiger partial charge on any atom is -0.488 e. The molecule has 0 aliphatic heterocycles. The van der Waals surface area contributed by atoms with Gasteiger partial charge in [0.05, 0.1) is 5.56 Å². The predicted octanol–water partition coefficient (Wildman–Crippen LogP) is 4.34. The number of hydrogen-bond donors (Lipinski definition) is 3. The Morgan fingerprint density at radius 1 is 1.00 bits per heavy atom. The summed E-state index contributed by atoms with van der Waals surface area (Å²) in [6.45, 7) is -0.00470. The van der Waals surface area contributed by atoms with Crippen LogP contribution in [-0.2, 0) is 16.1 Å². The molecule has 2 saturated carbocycles. The molecule has 5 rings (SSSR count). The van der Waals surface area contributed by atoms with Crippen molar-refractivity contribution in [2.24, 2.45) is 0 Å². The molecule has 3 N–H and O–H groups in total. The third kappa shape index (κ3) is 6.70. The molecule has 2 aliphatic rings. The molecule has 2 aliphatic carbocycles. The first kappa shape index (κ1) is 25.3. The van der Waals surface area contributed by atoms with Crippen molar-refractivity contribution in [3.8, 4) is 11.5 Å². The number of carbonyl (C=O) groups excluding carboxylic acids is 3. The molecule has 2 fully saturated rings. The number of H-pyrrole nitrogens is 1. The summed E-state index contributed by atoms with van der Waals surface area (Å²) in [6.07, 6.45) is 4.56. The highest BCUT2D eigenvalue weighted by Gasteiger charge is 2.31. The summed E-state index contributed by atoms with van der Waals surface area (Å²) in [7, 11) is 0. The van der Waals surface area contributed by atoms with E-state index in [-0.39, 0.29) is 42.1 Å². The molecule has 0 saturated heterocycles. The van der Waals surface area contributed by atoms with E-state index in [0.717, 1.165) is 36.9 Å². The van der Waals surface area contributed by atoms with Crippen molar-refractivity contribution in [2.45, 2.75) is 56.8 Å². The molecule has 1 aromatic heterocycles. The first-order valence-corrected chi connectivity index (χ1v) is 12.8. The van der Waals surface area contributed by atoms with E-state index in [4.69, 9.17) is 14.2 Å². The topological polar surface area (TPSA) is 132 Å². The molecule has 0 unspecified atom stereocenters. The summed E-state index contributed by atoms with van der Waals surface area (Å²) < 4.78 is 16.9. The van der Waals surface area contributed by atoms with Crippen molar-refractivity contribution < 1.29 is 28.6 Å². The number of aromatic nitrogens is 2. The summed E-state index contributed by atoms with van der Waals surface area (Å²) in [5.74, 6) is 0.755. The fraction of sp³-hybridized carbons (Fsp3) is 0.357. The van der Waals surface area contributed by atoms with Crippen LogP contribution in [-0.4, -0.2) is 47.2 Å². The van der Waals surface area contributed by atoms with Crippen LogP contribution in [0.3, 0.4) is 0 Å². The first-order chi connectivity index (χ1) is 18.6. The molecule has 0 bridgehead atoms. The van der Waals surface area contributed by atoms with E-state index in [0.29, 0.717) is 30.9 Å². The monoisotopic (exact) mass is 518 g/mol. The van der Waals surface area contributed by atoms with Gasteiger partial charge in [-0.15, -0.1) is 0 Å². The second kappa shape index (κ2) is 11.8. The van der Waals surface area contributed by atoms with Crippen LogP contribution >= 0.6 is 0 Å². The van der Waals surface area contributed by atoms with Gasteiger partial charge in [-0.3, -0.25) is 14.7 Å². The van der Waals surface area contributed by atoms with Gasteiger partial charge in [-0.2, -0.15) is 5.10 Å². The summed E-state index contributed by atoms with van der Waals surface area (Å²) in [5.41, 5.74) is 2.08. The second-order valence-corrected chi connectivity index (χ2v) is 9.56. The largest absolute Gasteiger partial charge is 0.488 e. The average molecular weight is 519 g/mol. The quantitative estimate of drug-likeness (QED) is 0.322. The Balaban J connectivity index is 1.10.